The van der Waals surface area contributed by atoms with Gasteiger partial charge in [-0.1, -0.05) is 19.1 Å². The fourth-order valence-corrected chi connectivity index (χ4v) is 1.58. The number of hydrogen-bond donors (Lipinski definition) is 1. The minimum atomic E-state index is 0.130. The molecular formula is C14H20N2O. The van der Waals surface area contributed by atoms with Gasteiger partial charge >= 0.3 is 0 Å². The summed E-state index contributed by atoms with van der Waals surface area (Å²) in [5.41, 5.74) is 1.28. The van der Waals surface area contributed by atoms with E-state index in [0.29, 0.717) is 0 Å². The van der Waals surface area contributed by atoms with Crippen LogP contribution in [-0.2, 0) is 6.42 Å². The molecule has 0 bridgehead atoms. The van der Waals surface area contributed by atoms with Crippen LogP contribution in [0.3, 0.4) is 0 Å². The highest BCUT2D eigenvalue weighted by Crippen LogP contribution is 2.11. The van der Waals surface area contributed by atoms with E-state index in [-0.39, 0.29) is 5.92 Å². The molecule has 0 amide bonds. The molecule has 0 heterocycles. The van der Waals surface area contributed by atoms with Crippen molar-refractivity contribution in [2.75, 3.05) is 20.2 Å². The molecule has 3 nitrogen and oxygen atoms in total. The molecule has 0 fully saturated rings. The third-order valence-corrected chi connectivity index (χ3v) is 2.82. The predicted octanol–water partition coefficient (Wildman–Crippen LogP) is 2.38. The Hall–Kier alpha value is -1.53. The van der Waals surface area contributed by atoms with Gasteiger partial charge in [-0.25, -0.2) is 0 Å². The van der Waals surface area contributed by atoms with Gasteiger partial charge in [0.2, 0.25) is 0 Å². The Kier molecular flexibility index (Phi) is 6.13. The van der Waals surface area contributed by atoms with Crippen molar-refractivity contribution in [3.8, 4) is 11.8 Å². The van der Waals surface area contributed by atoms with E-state index in [4.69, 9.17) is 10.00 Å². The fourth-order valence-electron chi connectivity index (χ4n) is 1.58. The summed E-state index contributed by atoms with van der Waals surface area (Å²) < 4.78 is 5.10. The van der Waals surface area contributed by atoms with Crippen molar-refractivity contribution in [1.29, 1.82) is 5.26 Å². The molecular weight excluding hydrogens is 212 g/mol. The molecule has 92 valence electrons. The predicted molar refractivity (Wildman–Crippen MR) is 69.0 cm³/mol. The minimum absolute atomic E-state index is 0.130. The quantitative estimate of drug-likeness (QED) is 0.734. The highest BCUT2D eigenvalue weighted by atomic mass is 16.5. The number of ether oxygens (including phenoxy) is 1. The lowest BCUT2D eigenvalue weighted by atomic mass is 10.1. The molecule has 17 heavy (non-hydrogen) atoms. The van der Waals surface area contributed by atoms with Gasteiger partial charge in [-0.3, -0.25) is 0 Å². The Morgan fingerprint density at radius 2 is 2.06 bits per heavy atom. The van der Waals surface area contributed by atoms with E-state index in [1.807, 2.05) is 19.1 Å². The number of methoxy groups -OCH3 is 1. The monoisotopic (exact) mass is 232 g/mol. The Bertz CT molecular complexity index is 353. The maximum Gasteiger partial charge on any atom is 0.118 e. The van der Waals surface area contributed by atoms with Crippen LogP contribution >= 0.6 is 0 Å². The summed E-state index contributed by atoms with van der Waals surface area (Å²) in [4.78, 5) is 0. The Morgan fingerprint density at radius 1 is 1.35 bits per heavy atom. The highest BCUT2D eigenvalue weighted by molar-refractivity contribution is 5.27. The summed E-state index contributed by atoms with van der Waals surface area (Å²) in [5.74, 6) is 1.02. The van der Waals surface area contributed by atoms with Crippen molar-refractivity contribution in [3.05, 3.63) is 29.8 Å². The van der Waals surface area contributed by atoms with Crippen molar-refractivity contribution in [2.24, 2.45) is 5.92 Å². The Balaban J connectivity index is 2.24. The molecule has 0 aliphatic rings. The first kappa shape index (κ1) is 13.5. The van der Waals surface area contributed by atoms with E-state index >= 15 is 0 Å². The third kappa shape index (κ3) is 4.88. The number of hydrogen-bond acceptors (Lipinski definition) is 3. The van der Waals surface area contributed by atoms with Crippen LogP contribution in [-0.4, -0.2) is 20.2 Å². The van der Waals surface area contributed by atoms with Crippen LogP contribution in [0.1, 0.15) is 18.9 Å². The molecule has 0 saturated heterocycles. The highest BCUT2D eigenvalue weighted by Gasteiger charge is 2.02. The van der Waals surface area contributed by atoms with E-state index in [2.05, 4.69) is 23.5 Å². The van der Waals surface area contributed by atoms with Crippen LogP contribution in [0, 0.1) is 17.2 Å². The van der Waals surface area contributed by atoms with Gasteiger partial charge in [-0.2, -0.15) is 5.26 Å². The van der Waals surface area contributed by atoms with Gasteiger partial charge in [0.25, 0.3) is 0 Å². The summed E-state index contributed by atoms with van der Waals surface area (Å²) in [5, 5.41) is 12.1. The van der Waals surface area contributed by atoms with Crippen molar-refractivity contribution in [1.82, 2.24) is 5.32 Å². The van der Waals surface area contributed by atoms with E-state index in [0.717, 1.165) is 31.7 Å². The zero-order valence-corrected chi connectivity index (χ0v) is 10.6. The average molecular weight is 232 g/mol. The van der Waals surface area contributed by atoms with Crippen LogP contribution in [0.25, 0.3) is 0 Å². The maximum absolute atomic E-state index is 8.80. The first-order valence-corrected chi connectivity index (χ1v) is 6.03. The van der Waals surface area contributed by atoms with E-state index in [1.54, 1.807) is 7.11 Å². The SMILES string of the molecule is CCC(C#N)CNCCc1ccc(OC)cc1. The van der Waals surface area contributed by atoms with Crippen LogP contribution in [0.4, 0.5) is 0 Å². The first-order valence-electron chi connectivity index (χ1n) is 6.03. The van der Waals surface area contributed by atoms with Crippen molar-refractivity contribution in [3.63, 3.8) is 0 Å². The zero-order chi connectivity index (χ0) is 12.5. The van der Waals surface area contributed by atoms with Crippen molar-refractivity contribution < 1.29 is 4.74 Å². The summed E-state index contributed by atoms with van der Waals surface area (Å²) in [6.07, 6.45) is 1.89. The molecule has 0 aliphatic heterocycles. The molecule has 0 aromatic heterocycles. The molecule has 1 unspecified atom stereocenters. The summed E-state index contributed by atoms with van der Waals surface area (Å²) in [7, 11) is 1.67. The van der Waals surface area contributed by atoms with Crippen LogP contribution in [0.5, 0.6) is 5.75 Å². The van der Waals surface area contributed by atoms with Crippen molar-refractivity contribution >= 4 is 0 Å². The molecule has 0 saturated carbocycles. The molecule has 1 N–H and O–H groups in total. The molecule has 1 atom stereocenters. The minimum Gasteiger partial charge on any atom is -0.497 e. The lowest BCUT2D eigenvalue weighted by Crippen LogP contribution is -2.23. The van der Waals surface area contributed by atoms with Crippen LogP contribution in [0.2, 0.25) is 0 Å². The number of benzene rings is 1. The largest absolute Gasteiger partial charge is 0.497 e. The number of nitriles is 1. The van der Waals surface area contributed by atoms with Gasteiger partial charge in [0, 0.05) is 6.54 Å². The van der Waals surface area contributed by atoms with Gasteiger partial charge in [0.15, 0.2) is 0 Å². The molecule has 1 aromatic carbocycles. The van der Waals surface area contributed by atoms with Gasteiger partial charge in [0.1, 0.15) is 5.75 Å². The standard InChI is InChI=1S/C14H20N2O/c1-3-12(10-15)11-16-9-8-13-4-6-14(17-2)7-5-13/h4-7,12,16H,3,8-9,11H2,1-2H3. The van der Waals surface area contributed by atoms with Gasteiger partial charge in [-0.05, 0) is 37.1 Å². The van der Waals surface area contributed by atoms with E-state index in [1.165, 1.54) is 5.56 Å². The van der Waals surface area contributed by atoms with Crippen LogP contribution in [0.15, 0.2) is 24.3 Å². The second-order valence-corrected chi connectivity index (χ2v) is 4.04. The fraction of sp³-hybridized carbons (Fsp3) is 0.500. The van der Waals surface area contributed by atoms with E-state index in [9.17, 15) is 0 Å². The summed E-state index contributed by atoms with van der Waals surface area (Å²) >= 11 is 0. The van der Waals surface area contributed by atoms with Gasteiger partial charge in [-0.15, -0.1) is 0 Å². The lowest BCUT2D eigenvalue weighted by Gasteiger charge is -2.08. The molecule has 0 radical (unpaired) electrons. The van der Waals surface area contributed by atoms with Gasteiger partial charge in [0.05, 0.1) is 19.1 Å². The Morgan fingerprint density at radius 3 is 2.59 bits per heavy atom. The average Bonchev–Trinajstić information content (AvgIpc) is 2.40. The number of nitrogens with zero attached hydrogens (tertiary/aromatic N) is 1. The second kappa shape index (κ2) is 7.70. The third-order valence-electron chi connectivity index (χ3n) is 2.82. The lowest BCUT2D eigenvalue weighted by molar-refractivity contribution is 0.414. The summed E-state index contributed by atoms with van der Waals surface area (Å²) in [6, 6.07) is 10.4. The van der Waals surface area contributed by atoms with Gasteiger partial charge < -0.3 is 10.1 Å². The van der Waals surface area contributed by atoms with Crippen LogP contribution < -0.4 is 10.1 Å². The molecule has 0 spiro atoms. The smallest absolute Gasteiger partial charge is 0.118 e. The molecule has 0 aliphatic carbocycles. The number of nitrogens with one attached hydrogen (secondary N) is 1. The second-order valence-electron chi connectivity index (χ2n) is 4.04. The zero-order valence-electron chi connectivity index (χ0n) is 10.6. The summed E-state index contributed by atoms with van der Waals surface area (Å²) in [6.45, 7) is 3.73. The molecule has 1 rings (SSSR count). The number of rotatable bonds is 7. The normalized spacial score (nSPS) is 11.8. The Labute approximate surface area is 103 Å². The maximum atomic E-state index is 8.80. The van der Waals surface area contributed by atoms with Crippen molar-refractivity contribution in [2.45, 2.75) is 19.8 Å². The van der Waals surface area contributed by atoms with E-state index < -0.39 is 0 Å². The topological polar surface area (TPSA) is 45.0 Å². The first-order chi connectivity index (χ1) is 8.30. The molecule has 1 aromatic rings. The molecule has 3 heteroatoms.